The highest BCUT2D eigenvalue weighted by atomic mass is 16.5. The molecule has 2 rings (SSSR count). The minimum Gasteiger partial charge on any atom is -0.317 e. The minimum absolute atomic E-state index is 0.0508. The topological polar surface area (TPSA) is 30.2 Å². The van der Waals surface area contributed by atoms with E-state index in [0.29, 0.717) is 23.5 Å². The fraction of sp³-hybridized carbons (Fsp3) is 0.571. The number of ether oxygens (including phenoxy) is 1. The summed E-state index contributed by atoms with van der Waals surface area (Å²) >= 11 is 0. The van der Waals surface area contributed by atoms with E-state index in [1.165, 1.54) is 0 Å². The Morgan fingerprint density at radius 3 is 2.76 bits per heavy atom. The fourth-order valence-corrected chi connectivity index (χ4v) is 2.57. The average molecular weight is 234 g/mol. The van der Waals surface area contributed by atoms with Crippen LogP contribution >= 0.6 is 0 Å². The molecule has 4 atom stereocenters. The Kier molecular flexibility index (Phi) is 3.57. The van der Waals surface area contributed by atoms with Crippen molar-refractivity contribution in [1.82, 2.24) is 0 Å². The standard InChI is InChI=1S/C14H20NO2/c1-4-13-10(2)11(3)14(17-13)15-7-5-6-12(8-15)9-16/h5-11,13-14H,4H2,1-3H3/q+1/t10?,11-,13+,14+/m0/s1. The maximum absolute atomic E-state index is 10.8. The molecule has 0 aliphatic carbocycles. The first-order valence-corrected chi connectivity index (χ1v) is 6.28. The van der Waals surface area contributed by atoms with Crippen LogP contribution in [-0.4, -0.2) is 12.4 Å². The molecule has 3 nitrogen and oxygen atoms in total. The Labute approximate surface area is 102 Å². The molecule has 0 saturated carbocycles. The quantitative estimate of drug-likeness (QED) is 0.593. The zero-order valence-electron chi connectivity index (χ0n) is 10.7. The van der Waals surface area contributed by atoms with Crippen LogP contribution in [0, 0.1) is 11.8 Å². The Bertz CT molecular complexity index is 405. The second-order valence-electron chi connectivity index (χ2n) is 4.89. The van der Waals surface area contributed by atoms with Crippen LogP contribution in [0.4, 0.5) is 0 Å². The fourth-order valence-electron chi connectivity index (χ4n) is 2.57. The Morgan fingerprint density at radius 2 is 2.18 bits per heavy atom. The smallest absolute Gasteiger partial charge is 0.265 e. The molecule has 17 heavy (non-hydrogen) atoms. The van der Waals surface area contributed by atoms with Gasteiger partial charge in [-0.3, -0.25) is 4.79 Å². The van der Waals surface area contributed by atoms with Gasteiger partial charge in [-0.2, -0.15) is 4.57 Å². The van der Waals surface area contributed by atoms with Crippen LogP contribution in [0.25, 0.3) is 0 Å². The molecule has 1 aromatic rings. The predicted octanol–water partition coefficient (Wildman–Crippen LogP) is 2.37. The van der Waals surface area contributed by atoms with E-state index in [1.54, 1.807) is 0 Å². The van der Waals surface area contributed by atoms with Gasteiger partial charge in [0.25, 0.3) is 6.23 Å². The van der Waals surface area contributed by atoms with Crippen molar-refractivity contribution in [1.29, 1.82) is 0 Å². The molecule has 0 N–H and O–H groups in total. The maximum Gasteiger partial charge on any atom is 0.265 e. The van der Waals surface area contributed by atoms with E-state index in [9.17, 15) is 4.79 Å². The summed E-state index contributed by atoms with van der Waals surface area (Å²) in [7, 11) is 0. The van der Waals surface area contributed by atoms with Crippen molar-refractivity contribution in [3.63, 3.8) is 0 Å². The third-order valence-corrected chi connectivity index (χ3v) is 3.86. The largest absolute Gasteiger partial charge is 0.317 e. The summed E-state index contributed by atoms with van der Waals surface area (Å²) in [5, 5.41) is 0. The van der Waals surface area contributed by atoms with Gasteiger partial charge < -0.3 is 4.74 Å². The molecule has 0 spiro atoms. The lowest BCUT2D eigenvalue weighted by atomic mass is 9.91. The molecule has 0 aromatic carbocycles. The highest BCUT2D eigenvalue weighted by Gasteiger charge is 2.43. The molecule has 1 aliphatic rings. The van der Waals surface area contributed by atoms with Crippen LogP contribution in [0.5, 0.6) is 0 Å². The Morgan fingerprint density at radius 1 is 1.41 bits per heavy atom. The van der Waals surface area contributed by atoms with E-state index >= 15 is 0 Å². The van der Waals surface area contributed by atoms with E-state index in [0.717, 1.165) is 12.7 Å². The van der Waals surface area contributed by atoms with E-state index in [-0.39, 0.29) is 6.23 Å². The molecule has 2 heterocycles. The van der Waals surface area contributed by atoms with Gasteiger partial charge in [0.1, 0.15) is 0 Å². The number of rotatable bonds is 3. The van der Waals surface area contributed by atoms with Gasteiger partial charge in [0, 0.05) is 6.07 Å². The van der Waals surface area contributed by atoms with Gasteiger partial charge >= 0.3 is 0 Å². The van der Waals surface area contributed by atoms with Gasteiger partial charge in [-0.05, 0) is 18.4 Å². The molecule has 1 unspecified atom stereocenters. The lowest BCUT2D eigenvalue weighted by Gasteiger charge is -2.11. The molecule has 1 aromatic heterocycles. The van der Waals surface area contributed by atoms with Crippen molar-refractivity contribution in [3.05, 3.63) is 30.1 Å². The molecule has 92 valence electrons. The zero-order chi connectivity index (χ0) is 12.4. The summed E-state index contributed by atoms with van der Waals surface area (Å²) in [5.74, 6) is 1.02. The summed E-state index contributed by atoms with van der Waals surface area (Å²) in [6.45, 7) is 6.61. The number of pyridine rings is 1. The van der Waals surface area contributed by atoms with E-state index in [4.69, 9.17) is 4.74 Å². The molecule has 3 heteroatoms. The van der Waals surface area contributed by atoms with Crippen LogP contribution in [0.1, 0.15) is 43.8 Å². The summed E-state index contributed by atoms with van der Waals surface area (Å²) in [4.78, 5) is 10.8. The monoisotopic (exact) mass is 234 g/mol. The zero-order valence-corrected chi connectivity index (χ0v) is 10.7. The third kappa shape index (κ3) is 2.25. The molecular formula is C14H20NO2+. The predicted molar refractivity (Wildman–Crippen MR) is 64.6 cm³/mol. The summed E-state index contributed by atoms with van der Waals surface area (Å²) < 4.78 is 8.08. The van der Waals surface area contributed by atoms with E-state index in [1.807, 2.05) is 29.1 Å². The number of nitrogens with zero attached hydrogens (tertiary/aromatic N) is 1. The molecule has 1 fully saturated rings. The number of hydrogen-bond acceptors (Lipinski definition) is 2. The minimum atomic E-state index is 0.0508. The van der Waals surface area contributed by atoms with Gasteiger partial charge in [-0.25, -0.2) is 0 Å². The van der Waals surface area contributed by atoms with Crippen LogP contribution in [0.2, 0.25) is 0 Å². The molecule has 0 radical (unpaired) electrons. The average Bonchev–Trinajstić information content (AvgIpc) is 2.66. The molecule has 1 aliphatic heterocycles. The maximum atomic E-state index is 10.8. The van der Waals surface area contributed by atoms with Crippen molar-refractivity contribution in [2.75, 3.05) is 0 Å². The van der Waals surface area contributed by atoms with Crippen molar-refractivity contribution >= 4 is 6.29 Å². The van der Waals surface area contributed by atoms with Crippen molar-refractivity contribution < 1.29 is 14.1 Å². The van der Waals surface area contributed by atoms with Crippen molar-refractivity contribution in [2.45, 2.75) is 39.5 Å². The van der Waals surface area contributed by atoms with Gasteiger partial charge in [0.05, 0.1) is 17.6 Å². The second kappa shape index (κ2) is 4.96. The van der Waals surface area contributed by atoms with E-state index < -0.39 is 0 Å². The second-order valence-corrected chi connectivity index (χ2v) is 4.89. The van der Waals surface area contributed by atoms with Gasteiger partial charge in [-0.1, -0.05) is 20.8 Å². The number of hydrogen-bond donors (Lipinski definition) is 0. The number of aldehydes is 1. The highest BCUT2D eigenvalue weighted by molar-refractivity contribution is 5.73. The lowest BCUT2D eigenvalue weighted by Crippen LogP contribution is -2.42. The van der Waals surface area contributed by atoms with Gasteiger partial charge in [-0.15, -0.1) is 0 Å². The SMILES string of the molecule is CC[C@H]1O[C@@H]([n+]2cccc(C=O)c2)[C@@H](C)C1C. The highest BCUT2D eigenvalue weighted by Crippen LogP contribution is 2.36. The number of carbonyl (C=O) groups excluding carboxylic acids is 1. The van der Waals surface area contributed by atoms with Crippen LogP contribution < -0.4 is 4.57 Å². The Hall–Kier alpha value is -1.22. The van der Waals surface area contributed by atoms with Crippen LogP contribution in [0.3, 0.4) is 0 Å². The number of aromatic nitrogens is 1. The van der Waals surface area contributed by atoms with Crippen molar-refractivity contribution in [2.24, 2.45) is 11.8 Å². The third-order valence-electron chi connectivity index (χ3n) is 3.86. The normalized spacial score (nSPS) is 32.6. The molecule has 0 bridgehead atoms. The molecule has 1 saturated heterocycles. The molecule has 0 amide bonds. The summed E-state index contributed by atoms with van der Waals surface area (Å²) in [6, 6.07) is 3.70. The van der Waals surface area contributed by atoms with Crippen molar-refractivity contribution in [3.8, 4) is 0 Å². The number of carbonyl (C=O) groups is 1. The van der Waals surface area contributed by atoms with Gasteiger partial charge in [0.2, 0.25) is 0 Å². The first kappa shape index (κ1) is 12.2. The van der Waals surface area contributed by atoms with Crippen LogP contribution in [-0.2, 0) is 4.74 Å². The summed E-state index contributed by atoms with van der Waals surface area (Å²) in [5.41, 5.74) is 0.691. The van der Waals surface area contributed by atoms with E-state index in [2.05, 4.69) is 20.8 Å². The van der Waals surface area contributed by atoms with Gasteiger partial charge in [0.15, 0.2) is 18.7 Å². The summed E-state index contributed by atoms with van der Waals surface area (Å²) in [6.07, 6.45) is 6.11. The first-order valence-electron chi connectivity index (χ1n) is 6.28. The Balaban J connectivity index is 2.25. The first-order chi connectivity index (χ1) is 8.17. The lowest BCUT2D eigenvalue weighted by molar-refractivity contribution is -0.765. The molecular weight excluding hydrogens is 214 g/mol. The van der Waals surface area contributed by atoms with Crippen LogP contribution in [0.15, 0.2) is 24.5 Å².